The first kappa shape index (κ1) is 18.2. The van der Waals surface area contributed by atoms with Crippen LogP contribution in [-0.2, 0) is 13.0 Å². The van der Waals surface area contributed by atoms with Crippen molar-refractivity contribution >= 4 is 5.91 Å². The number of aromatic nitrogens is 2. The van der Waals surface area contributed by atoms with Gasteiger partial charge in [0.1, 0.15) is 0 Å². The molecule has 0 saturated carbocycles. The highest BCUT2D eigenvalue weighted by molar-refractivity contribution is 5.95. The van der Waals surface area contributed by atoms with Crippen LogP contribution in [0.4, 0.5) is 0 Å². The van der Waals surface area contributed by atoms with Crippen LogP contribution in [0.3, 0.4) is 0 Å². The van der Waals surface area contributed by atoms with Crippen molar-refractivity contribution < 1.29 is 9.90 Å². The molecule has 130 valence electrons. The Morgan fingerprint density at radius 3 is 2.46 bits per heavy atom. The zero-order chi connectivity index (χ0) is 17.6. The lowest BCUT2D eigenvalue weighted by atomic mass is 9.97. The maximum atomic E-state index is 12.5. The zero-order valence-electron chi connectivity index (χ0n) is 14.7. The summed E-state index contributed by atoms with van der Waals surface area (Å²) in [7, 11) is 0. The van der Waals surface area contributed by atoms with E-state index >= 15 is 0 Å². The summed E-state index contributed by atoms with van der Waals surface area (Å²) in [4.78, 5) is 12.5. The predicted molar refractivity (Wildman–Crippen MR) is 95.0 cm³/mol. The third-order valence-corrected chi connectivity index (χ3v) is 4.60. The van der Waals surface area contributed by atoms with Gasteiger partial charge in [0.2, 0.25) is 0 Å². The topological polar surface area (TPSA) is 67.2 Å². The number of hydrogen-bond donors (Lipinski definition) is 2. The Morgan fingerprint density at radius 1 is 1.21 bits per heavy atom. The van der Waals surface area contributed by atoms with E-state index in [0.29, 0.717) is 24.9 Å². The second kappa shape index (κ2) is 8.11. The molecule has 2 rings (SSSR count). The van der Waals surface area contributed by atoms with Crippen molar-refractivity contribution in [1.29, 1.82) is 0 Å². The van der Waals surface area contributed by atoms with Crippen LogP contribution in [-0.4, -0.2) is 32.9 Å². The molecule has 0 aliphatic rings. The average molecular weight is 329 g/mol. The average Bonchev–Trinajstić information content (AvgIpc) is 3.02. The number of nitrogens with one attached hydrogen (secondary N) is 1. The maximum Gasteiger partial charge on any atom is 0.254 e. The van der Waals surface area contributed by atoms with Gasteiger partial charge in [-0.25, -0.2) is 0 Å². The highest BCUT2D eigenvalue weighted by atomic mass is 16.3. The molecular formula is C19H27N3O2. The number of aliphatic hydroxyl groups is 1. The number of benzene rings is 1. The van der Waals surface area contributed by atoms with Crippen molar-refractivity contribution in [3.8, 4) is 0 Å². The highest BCUT2D eigenvalue weighted by Crippen LogP contribution is 2.15. The monoisotopic (exact) mass is 329 g/mol. The minimum absolute atomic E-state index is 0.175. The smallest absolute Gasteiger partial charge is 0.254 e. The molecule has 0 spiro atoms. The number of amides is 1. The van der Waals surface area contributed by atoms with Gasteiger partial charge in [0.05, 0.1) is 29.6 Å². The first-order chi connectivity index (χ1) is 11.5. The van der Waals surface area contributed by atoms with Gasteiger partial charge >= 0.3 is 0 Å². The summed E-state index contributed by atoms with van der Waals surface area (Å²) < 4.78 is 1.87. The molecule has 0 unspecified atom stereocenters. The molecule has 0 bridgehead atoms. The summed E-state index contributed by atoms with van der Waals surface area (Å²) in [5, 5.41) is 17.5. The fourth-order valence-corrected chi connectivity index (χ4v) is 2.71. The molecule has 0 atom stereocenters. The standard InChI is InChI=1S/C19H27N3O2/c1-4-17-16(18(23)20-14-19(24,5-2)6-3)12-21-22(17)13-15-10-8-7-9-11-15/h7-12,24H,4-6,13-14H2,1-3H3,(H,20,23). The first-order valence-corrected chi connectivity index (χ1v) is 8.62. The molecule has 2 N–H and O–H groups in total. The van der Waals surface area contributed by atoms with Gasteiger partial charge in [0, 0.05) is 6.54 Å². The lowest BCUT2D eigenvalue weighted by Gasteiger charge is -2.25. The summed E-state index contributed by atoms with van der Waals surface area (Å²) in [6.07, 6.45) is 3.56. The fraction of sp³-hybridized carbons (Fsp3) is 0.474. The van der Waals surface area contributed by atoms with E-state index in [9.17, 15) is 9.90 Å². The van der Waals surface area contributed by atoms with Crippen LogP contribution in [0.2, 0.25) is 0 Å². The van der Waals surface area contributed by atoms with Gasteiger partial charge in [-0.3, -0.25) is 9.48 Å². The molecule has 0 saturated heterocycles. The Balaban J connectivity index is 2.12. The maximum absolute atomic E-state index is 12.5. The van der Waals surface area contributed by atoms with Gasteiger partial charge in [-0.2, -0.15) is 5.10 Å². The predicted octanol–water partition coefficient (Wildman–Crippen LogP) is 2.77. The number of hydrogen-bond acceptors (Lipinski definition) is 3. The second-order valence-corrected chi connectivity index (χ2v) is 6.12. The molecule has 0 aliphatic heterocycles. The molecule has 1 heterocycles. The SMILES string of the molecule is CCc1c(C(=O)NCC(O)(CC)CC)cnn1Cc1ccccc1. The molecule has 0 radical (unpaired) electrons. The van der Waals surface area contributed by atoms with Crippen molar-refractivity contribution in [3.05, 3.63) is 53.3 Å². The number of carbonyl (C=O) groups excluding carboxylic acids is 1. The summed E-state index contributed by atoms with van der Waals surface area (Å²) in [5.74, 6) is -0.175. The molecule has 0 fully saturated rings. The Bertz CT molecular complexity index is 661. The van der Waals surface area contributed by atoms with E-state index in [1.165, 1.54) is 0 Å². The number of nitrogens with zero attached hydrogens (tertiary/aromatic N) is 2. The van der Waals surface area contributed by atoms with Crippen LogP contribution >= 0.6 is 0 Å². The molecule has 2 aromatic rings. The lowest BCUT2D eigenvalue weighted by molar-refractivity contribution is 0.0314. The number of rotatable bonds is 8. The van der Waals surface area contributed by atoms with E-state index in [1.54, 1.807) is 6.20 Å². The van der Waals surface area contributed by atoms with Gasteiger partial charge in [-0.15, -0.1) is 0 Å². The van der Waals surface area contributed by atoms with Gasteiger partial charge in [0.25, 0.3) is 5.91 Å². The third kappa shape index (κ3) is 4.23. The Hall–Kier alpha value is -2.14. The van der Waals surface area contributed by atoms with Crippen LogP contribution in [0.5, 0.6) is 0 Å². The van der Waals surface area contributed by atoms with Crippen LogP contribution in [0, 0.1) is 0 Å². The van der Waals surface area contributed by atoms with Gasteiger partial charge in [0.15, 0.2) is 0 Å². The molecule has 5 heteroatoms. The van der Waals surface area contributed by atoms with Crippen molar-refractivity contribution in [2.24, 2.45) is 0 Å². The van der Waals surface area contributed by atoms with E-state index in [4.69, 9.17) is 0 Å². The molecule has 1 aromatic carbocycles. The van der Waals surface area contributed by atoms with E-state index in [1.807, 2.05) is 55.8 Å². The largest absolute Gasteiger partial charge is 0.388 e. The first-order valence-electron chi connectivity index (χ1n) is 8.62. The Kier molecular flexibility index (Phi) is 6.15. The van der Waals surface area contributed by atoms with Crippen molar-refractivity contribution in [3.63, 3.8) is 0 Å². The fourth-order valence-electron chi connectivity index (χ4n) is 2.71. The molecule has 5 nitrogen and oxygen atoms in total. The summed E-state index contributed by atoms with van der Waals surface area (Å²) >= 11 is 0. The van der Waals surface area contributed by atoms with Gasteiger partial charge in [-0.05, 0) is 24.8 Å². The minimum Gasteiger partial charge on any atom is -0.388 e. The lowest BCUT2D eigenvalue weighted by Crippen LogP contribution is -2.42. The van der Waals surface area contributed by atoms with E-state index in [0.717, 1.165) is 17.7 Å². The molecule has 1 aromatic heterocycles. The molecule has 0 aliphatic carbocycles. The Labute approximate surface area is 143 Å². The van der Waals surface area contributed by atoms with Crippen LogP contribution < -0.4 is 5.32 Å². The van der Waals surface area contributed by atoms with Crippen LogP contribution in [0.25, 0.3) is 0 Å². The highest BCUT2D eigenvalue weighted by Gasteiger charge is 2.24. The molecule has 1 amide bonds. The second-order valence-electron chi connectivity index (χ2n) is 6.12. The van der Waals surface area contributed by atoms with Crippen molar-refractivity contribution in [1.82, 2.24) is 15.1 Å². The van der Waals surface area contributed by atoms with Crippen LogP contribution in [0.1, 0.15) is 55.2 Å². The normalized spacial score (nSPS) is 11.5. The molecule has 24 heavy (non-hydrogen) atoms. The molecular weight excluding hydrogens is 302 g/mol. The van der Waals surface area contributed by atoms with Gasteiger partial charge < -0.3 is 10.4 Å². The van der Waals surface area contributed by atoms with E-state index in [-0.39, 0.29) is 12.5 Å². The Morgan fingerprint density at radius 2 is 1.88 bits per heavy atom. The minimum atomic E-state index is -0.845. The summed E-state index contributed by atoms with van der Waals surface area (Å²) in [6.45, 7) is 6.76. The van der Waals surface area contributed by atoms with E-state index < -0.39 is 5.60 Å². The summed E-state index contributed by atoms with van der Waals surface area (Å²) in [5.41, 5.74) is 1.80. The quantitative estimate of drug-likeness (QED) is 0.782. The number of carbonyl (C=O) groups is 1. The van der Waals surface area contributed by atoms with Crippen molar-refractivity contribution in [2.45, 2.75) is 52.2 Å². The van der Waals surface area contributed by atoms with Crippen LogP contribution in [0.15, 0.2) is 36.5 Å². The van der Waals surface area contributed by atoms with Gasteiger partial charge in [-0.1, -0.05) is 51.1 Å². The third-order valence-electron chi connectivity index (χ3n) is 4.60. The van der Waals surface area contributed by atoms with Crippen molar-refractivity contribution in [2.75, 3.05) is 6.54 Å². The van der Waals surface area contributed by atoms with E-state index in [2.05, 4.69) is 10.4 Å². The summed E-state index contributed by atoms with van der Waals surface area (Å²) in [6, 6.07) is 10.1. The zero-order valence-corrected chi connectivity index (χ0v) is 14.7.